The topological polar surface area (TPSA) is 56.0 Å². The summed E-state index contributed by atoms with van der Waals surface area (Å²) in [5.41, 5.74) is 5.15. The van der Waals surface area contributed by atoms with Gasteiger partial charge in [0.1, 0.15) is 9.60 Å². The number of carbonyl (C=O) groups is 1. The van der Waals surface area contributed by atoms with E-state index in [4.69, 9.17) is 5.73 Å². The van der Waals surface area contributed by atoms with Gasteiger partial charge in [-0.2, -0.15) is 13.2 Å². The number of halogens is 4. The van der Waals surface area contributed by atoms with Crippen molar-refractivity contribution in [3.8, 4) is 0 Å². The number of aromatic nitrogens is 1. The third-order valence-electron chi connectivity index (χ3n) is 1.06. The number of thiazole rings is 1. The number of anilines is 1. The SMILES string of the molecule is Nc1nc(C(=O)C(F)(F)F)sc1Br. The van der Waals surface area contributed by atoms with E-state index in [0.29, 0.717) is 11.3 Å². The lowest BCUT2D eigenvalue weighted by Gasteiger charge is -1.99. The number of nitrogens with two attached hydrogens (primary N) is 1. The highest BCUT2D eigenvalue weighted by Crippen LogP contribution is 2.30. The van der Waals surface area contributed by atoms with Crippen LogP contribution >= 0.6 is 27.3 Å². The lowest BCUT2D eigenvalue weighted by molar-refractivity contribution is -0.0885. The number of nitrogens with zero attached hydrogens (tertiary/aromatic N) is 1. The molecule has 0 saturated heterocycles. The molecule has 1 aromatic rings. The molecule has 8 heteroatoms. The lowest BCUT2D eigenvalue weighted by Crippen LogP contribution is -2.22. The molecule has 1 aromatic heterocycles. The van der Waals surface area contributed by atoms with Gasteiger partial charge in [-0.25, -0.2) is 4.98 Å². The van der Waals surface area contributed by atoms with Crippen LogP contribution in [0.2, 0.25) is 0 Å². The predicted octanol–water partition coefficient (Wildman–Crippen LogP) is 2.23. The molecule has 0 spiro atoms. The molecule has 1 heterocycles. The van der Waals surface area contributed by atoms with Gasteiger partial charge in [0.15, 0.2) is 5.01 Å². The van der Waals surface area contributed by atoms with Crippen LogP contribution in [-0.4, -0.2) is 16.9 Å². The zero-order chi connectivity index (χ0) is 10.2. The second-order valence-electron chi connectivity index (χ2n) is 2.00. The van der Waals surface area contributed by atoms with Gasteiger partial charge in [-0.3, -0.25) is 4.79 Å². The largest absolute Gasteiger partial charge is 0.457 e. The Labute approximate surface area is 82.9 Å². The van der Waals surface area contributed by atoms with Gasteiger partial charge in [0.25, 0.3) is 5.78 Å². The number of alkyl halides is 3. The van der Waals surface area contributed by atoms with E-state index >= 15 is 0 Å². The highest BCUT2D eigenvalue weighted by atomic mass is 79.9. The maximum absolute atomic E-state index is 11.8. The molecule has 0 radical (unpaired) electrons. The van der Waals surface area contributed by atoms with Crippen molar-refractivity contribution in [1.82, 2.24) is 4.98 Å². The Bertz CT molecular complexity index is 329. The molecule has 0 saturated carbocycles. The summed E-state index contributed by atoms with van der Waals surface area (Å²) in [5, 5.41) is -0.656. The fourth-order valence-electron chi connectivity index (χ4n) is 0.532. The van der Waals surface area contributed by atoms with E-state index in [-0.39, 0.29) is 9.60 Å². The van der Waals surface area contributed by atoms with Crippen molar-refractivity contribution in [1.29, 1.82) is 0 Å². The highest BCUT2D eigenvalue weighted by Gasteiger charge is 2.41. The van der Waals surface area contributed by atoms with Crippen LogP contribution in [0.5, 0.6) is 0 Å². The van der Waals surface area contributed by atoms with Gasteiger partial charge in [0, 0.05) is 0 Å². The molecule has 0 amide bonds. The van der Waals surface area contributed by atoms with Crippen molar-refractivity contribution in [2.24, 2.45) is 0 Å². The molecule has 0 unspecified atom stereocenters. The third-order valence-corrected chi connectivity index (χ3v) is 2.81. The molecule has 1 rings (SSSR count). The van der Waals surface area contributed by atoms with Gasteiger partial charge in [0.2, 0.25) is 0 Å². The Hall–Kier alpha value is -0.630. The van der Waals surface area contributed by atoms with E-state index in [0.717, 1.165) is 0 Å². The molecule has 0 aliphatic carbocycles. The highest BCUT2D eigenvalue weighted by molar-refractivity contribution is 9.11. The van der Waals surface area contributed by atoms with Crippen LogP contribution in [0.3, 0.4) is 0 Å². The Kier molecular flexibility index (Phi) is 2.62. The van der Waals surface area contributed by atoms with E-state index in [1.807, 2.05) is 0 Å². The maximum atomic E-state index is 11.8. The van der Waals surface area contributed by atoms with Crippen molar-refractivity contribution in [3.05, 3.63) is 8.79 Å². The molecule has 0 fully saturated rings. The Morgan fingerprint density at radius 1 is 1.54 bits per heavy atom. The van der Waals surface area contributed by atoms with E-state index in [2.05, 4.69) is 20.9 Å². The molecular formula is C5H2BrF3N2OS. The molecule has 2 N–H and O–H groups in total. The number of Topliss-reactive ketones (excluding diaryl/α,β-unsaturated/α-hetero) is 1. The minimum Gasteiger partial charge on any atom is -0.382 e. The van der Waals surface area contributed by atoms with Crippen LogP contribution in [0.4, 0.5) is 19.0 Å². The quantitative estimate of drug-likeness (QED) is 0.799. The first-order valence-corrected chi connectivity index (χ1v) is 4.46. The molecule has 0 aliphatic rings. The molecule has 0 bridgehead atoms. The molecule has 72 valence electrons. The number of nitrogen functional groups attached to an aromatic ring is 1. The van der Waals surface area contributed by atoms with Crippen LogP contribution in [-0.2, 0) is 0 Å². The second-order valence-corrected chi connectivity index (χ2v) is 4.32. The average Bonchev–Trinajstić information content (AvgIpc) is 2.29. The number of hydrogen-bond acceptors (Lipinski definition) is 4. The summed E-state index contributed by atoms with van der Waals surface area (Å²) in [6.07, 6.45) is -4.90. The average molecular weight is 275 g/mol. The normalized spacial score (nSPS) is 11.7. The first kappa shape index (κ1) is 10.5. The fraction of sp³-hybridized carbons (Fsp3) is 0.200. The number of carbonyl (C=O) groups excluding carboxylic acids is 1. The van der Waals surface area contributed by atoms with E-state index in [1.54, 1.807) is 0 Å². The van der Waals surface area contributed by atoms with Gasteiger partial charge in [-0.15, -0.1) is 11.3 Å². The van der Waals surface area contributed by atoms with Crippen LogP contribution in [0.25, 0.3) is 0 Å². The monoisotopic (exact) mass is 274 g/mol. The van der Waals surface area contributed by atoms with Crippen molar-refractivity contribution in [2.45, 2.75) is 6.18 Å². The summed E-state index contributed by atoms with van der Waals surface area (Å²) in [6.45, 7) is 0. The summed E-state index contributed by atoms with van der Waals surface area (Å²) in [7, 11) is 0. The molecule has 3 nitrogen and oxygen atoms in total. The second kappa shape index (κ2) is 3.26. The van der Waals surface area contributed by atoms with E-state index in [9.17, 15) is 18.0 Å². The third kappa shape index (κ3) is 2.19. The van der Waals surface area contributed by atoms with Crippen molar-refractivity contribution < 1.29 is 18.0 Å². The van der Waals surface area contributed by atoms with Gasteiger partial charge >= 0.3 is 6.18 Å². The Morgan fingerprint density at radius 3 is 2.38 bits per heavy atom. The van der Waals surface area contributed by atoms with Crippen molar-refractivity contribution in [2.75, 3.05) is 5.73 Å². The Balaban J connectivity index is 3.03. The minimum atomic E-state index is -4.90. The van der Waals surface area contributed by atoms with E-state index < -0.39 is 17.0 Å². The minimum absolute atomic E-state index is 0.113. The molecule has 0 aromatic carbocycles. The summed E-state index contributed by atoms with van der Waals surface area (Å²) in [5.74, 6) is -2.09. The van der Waals surface area contributed by atoms with Gasteiger partial charge in [0.05, 0.1) is 0 Å². The van der Waals surface area contributed by atoms with E-state index in [1.165, 1.54) is 0 Å². The zero-order valence-corrected chi connectivity index (χ0v) is 8.26. The first-order valence-electron chi connectivity index (χ1n) is 2.85. The first-order chi connectivity index (χ1) is 5.82. The zero-order valence-electron chi connectivity index (χ0n) is 5.85. The van der Waals surface area contributed by atoms with Gasteiger partial charge in [-0.1, -0.05) is 0 Å². The van der Waals surface area contributed by atoms with Crippen molar-refractivity contribution in [3.63, 3.8) is 0 Å². The fourth-order valence-corrected chi connectivity index (χ4v) is 1.75. The lowest BCUT2D eigenvalue weighted by atomic mass is 10.4. The number of rotatable bonds is 1. The molecular weight excluding hydrogens is 273 g/mol. The summed E-state index contributed by atoms with van der Waals surface area (Å²) < 4.78 is 35.7. The van der Waals surface area contributed by atoms with Crippen LogP contribution in [0.15, 0.2) is 3.79 Å². The molecule has 0 atom stereocenters. The number of hydrogen-bond donors (Lipinski definition) is 1. The molecule has 0 aliphatic heterocycles. The van der Waals surface area contributed by atoms with Crippen molar-refractivity contribution >= 4 is 38.9 Å². The van der Waals surface area contributed by atoms with Crippen LogP contribution in [0.1, 0.15) is 9.80 Å². The van der Waals surface area contributed by atoms with Crippen LogP contribution < -0.4 is 5.73 Å². The predicted molar refractivity (Wildman–Crippen MR) is 44.6 cm³/mol. The van der Waals surface area contributed by atoms with Gasteiger partial charge in [-0.05, 0) is 15.9 Å². The smallest absolute Gasteiger partial charge is 0.382 e. The maximum Gasteiger partial charge on any atom is 0.457 e. The summed E-state index contributed by atoms with van der Waals surface area (Å²) in [6, 6.07) is 0. The van der Waals surface area contributed by atoms with Gasteiger partial charge < -0.3 is 5.73 Å². The van der Waals surface area contributed by atoms with Crippen LogP contribution in [0, 0.1) is 0 Å². The standard InChI is InChI=1S/C5H2BrF3N2OS/c6-2-3(10)11-4(13-2)1(12)5(7,8)9/h10H2. The summed E-state index contributed by atoms with van der Waals surface area (Å²) in [4.78, 5) is 13.8. The Morgan fingerprint density at radius 2 is 2.08 bits per heavy atom. The molecule has 13 heavy (non-hydrogen) atoms. The number of ketones is 1. The summed E-state index contributed by atoms with van der Waals surface area (Å²) >= 11 is 3.42.